The lowest BCUT2D eigenvalue weighted by atomic mass is 10.3. The van der Waals surface area contributed by atoms with Gasteiger partial charge in [0.2, 0.25) is 5.82 Å². The van der Waals surface area contributed by atoms with E-state index in [0.717, 1.165) is 4.68 Å². The van der Waals surface area contributed by atoms with Crippen molar-refractivity contribution in [1.82, 2.24) is 29.9 Å². The highest BCUT2D eigenvalue weighted by Gasteiger charge is 2.20. The van der Waals surface area contributed by atoms with Crippen molar-refractivity contribution < 1.29 is 13.3 Å². The number of nitrogens with one attached hydrogen (secondary N) is 1. The molecule has 8 nitrogen and oxygen atoms in total. The van der Waals surface area contributed by atoms with Gasteiger partial charge in [-0.1, -0.05) is 5.16 Å². The number of halogens is 2. The number of nitrogens with zero attached hydrogens (tertiary/aromatic N) is 6. The Morgan fingerprint density at radius 3 is 2.73 bits per heavy atom. The maximum atomic E-state index is 12.8. The van der Waals surface area contributed by atoms with Crippen LogP contribution in [-0.2, 0) is 7.05 Å². The summed E-state index contributed by atoms with van der Waals surface area (Å²) in [6, 6.07) is 1.21. The highest BCUT2D eigenvalue weighted by atomic mass is 19.3. The highest BCUT2D eigenvalue weighted by molar-refractivity contribution is 5.66. The van der Waals surface area contributed by atoms with E-state index in [1.165, 1.54) is 25.5 Å². The molecule has 114 valence electrons. The Morgan fingerprint density at radius 2 is 2.05 bits per heavy atom. The summed E-state index contributed by atoms with van der Waals surface area (Å²) in [5.41, 5.74) is 0.335. The number of aromatic nitrogens is 6. The Morgan fingerprint density at radius 1 is 1.27 bits per heavy atom. The second kappa shape index (κ2) is 5.47. The largest absolute Gasteiger partial charge is 0.371 e. The van der Waals surface area contributed by atoms with Gasteiger partial charge in [0, 0.05) is 26.5 Å². The topological polar surface area (TPSA) is 94.6 Å². The van der Waals surface area contributed by atoms with Crippen molar-refractivity contribution in [2.24, 2.45) is 7.05 Å². The molecule has 0 amide bonds. The maximum Gasteiger partial charge on any atom is 0.280 e. The molecule has 0 fully saturated rings. The van der Waals surface area contributed by atoms with E-state index >= 15 is 0 Å². The first-order chi connectivity index (χ1) is 10.6. The van der Waals surface area contributed by atoms with Gasteiger partial charge in [-0.05, 0) is 6.07 Å². The van der Waals surface area contributed by atoms with Gasteiger partial charge in [0.1, 0.15) is 5.69 Å². The van der Waals surface area contributed by atoms with Crippen molar-refractivity contribution in [3.8, 4) is 23.1 Å². The first-order valence-electron chi connectivity index (χ1n) is 6.25. The zero-order chi connectivity index (χ0) is 15.7. The smallest absolute Gasteiger partial charge is 0.280 e. The standard InChI is InChI=1S/C12H11F2N7O/c1-15-10-8(16-3-4-17-10)11-18-12(22-20-11)6-5-7(9(13)14)21(2)19-6/h3-5,9H,1-2H3,(H,15,17). The van der Waals surface area contributed by atoms with E-state index in [4.69, 9.17) is 4.52 Å². The minimum absolute atomic E-state index is 0.0326. The van der Waals surface area contributed by atoms with Crippen LogP contribution in [0.15, 0.2) is 23.0 Å². The van der Waals surface area contributed by atoms with Crippen LogP contribution in [0.4, 0.5) is 14.6 Å². The molecular formula is C12H11F2N7O. The molecule has 0 aliphatic carbocycles. The molecular weight excluding hydrogens is 296 g/mol. The molecule has 0 bridgehead atoms. The predicted molar refractivity (Wildman–Crippen MR) is 72.0 cm³/mol. The van der Waals surface area contributed by atoms with Crippen LogP contribution in [-0.4, -0.2) is 36.9 Å². The molecule has 0 saturated carbocycles. The third kappa shape index (κ3) is 2.38. The second-order valence-corrected chi connectivity index (χ2v) is 4.31. The summed E-state index contributed by atoms with van der Waals surface area (Å²) in [5, 5.41) is 10.6. The molecule has 0 unspecified atom stereocenters. The Balaban J connectivity index is 1.99. The number of anilines is 1. The number of alkyl halides is 2. The van der Waals surface area contributed by atoms with Gasteiger partial charge in [0.25, 0.3) is 12.3 Å². The van der Waals surface area contributed by atoms with E-state index < -0.39 is 6.43 Å². The van der Waals surface area contributed by atoms with Crippen molar-refractivity contribution in [3.63, 3.8) is 0 Å². The van der Waals surface area contributed by atoms with Gasteiger partial charge in [-0.25, -0.2) is 18.7 Å². The van der Waals surface area contributed by atoms with Crippen LogP contribution in [0.5, 0.6) is 0 Å². The monoisotopic (exact) mass is 307 g/mol. The molecule has 3 aromatic rings. The van der Waals surface area contributed by atoms with E-state index in [-0.39, 0.29) is 23.1 Å². The van der Waals surface area contributed by atoms with Gasteiger partial charge in [0.05, 0.1) is 0 Å². The minimum Gasteiger partial charge on any atom is -0.371 e. The van der Waals surface area contributed by atoms with E-state index in [9.17, 15) is 8.78 Å². The quantitative estimate of drug-likeness (QED) is 0.786. The molecule has 10 heteroatoms. The van der Waals surface area contributed by atoms with Gasteiger partial charge in [-0.2, -0.15) is 10.1 Å². The lowest BCUT2D eigenvalue weighted by Gasteiger charge is -2.01. The molecule has 0 aliphatic rings. The van der Waals surface area contributed by atoms with Gasteiger partial charge in [0.15, 0.2) is 17.2 Å². The third-order valence-electron chi connectivity index (χ3n) is 2.93. The summed E-state index contributed by atoms with van der Waals surface area (Å²) in [6.45, 7) is 0. The molecule has 0 atom stereocenters. The summed E-state index contributed by atoms with van der Waals surface area (Å²) >= 11 is 0. The normalized spacial score (nSPS) is 11.1. The summed E-state index contributed by atoms with van der Waals surface area (Å²) in [4.78, 5) is 12.3. The Hall–Kier alpha value is -2.91. The van der Waals surface area contributed by atoms with Crippen molar-refractivity contribution in [2.45, 2.75) is 6.43 Å². The fourth-order valence-corrected chi connectivity index (χ4v) is 1.90. The average molecular weight is 307 g/mol. The summed E-state index contributed by atoms with van der Waals surface area (Å²) in [5.74, 6) is 0.700. The zero-order valence-corrected chi connectivity index (χ0v) is 11.7. The van der Waals surface area contributed by atoms with Crippen LogP contribution in [0.3, 0.4) is 0 Å². The van der Waals surface area contributed by atoms with Crippen molar-refractivity contribution >= 4 is 5.82 Å². The summed E-state index contributed by atoms with van der Waals surface area (Å²) < 4.78 is 31.7. The molecule has 3 heterocycles. The zero-order valence-electron chi connectivity index (χ0n) is 11.7. The maximum absolute atomic E-state index is 12.8. The molecule has 22 heavy (non-hydrogen) atoms. The van der Waals surface area contributed by atoms with Gasteiger partial charge in [-0.15, -0.1) is 0 Å². The predicted octanol–water partition coefficient (Wildman–Crippen LogP) is 1.91. The lowest BCUT2D eigenvalue weighted by Crippen LogP contribution is -1.98. The molecule has 0 aromatic carbocycles. The minimum atomic E-state index is -2.63. The van der Waals surface area contributed by atoms with E-state index in [2.05, 4.69) is 30.5 Å². The van der Waals surface area contributed by atoms with Crippen molar-refractivity contribution in [2.75, 3.05) is 12.4 Å². The van der Waals surface area contributed by atoms with Crippen molar-refractivity contribution in [3.05, 3.63) is 24.2 Å². The highest BCUT2D eigenvalue weighted by Crippen LogP contribution is 2.26. The molecule has 3 rings (SSSR count). The first-order valence-corrected chi connectivity index (χ1v) is 6.25. The Labute approximate surface area is 123 Å². The van der Waals surface area contributed by atoms with Gasteiger partial charge in [-0.3, -0.25) is 4.68 Å². The average Bonchev–Trinajstić information content (AvgIpc) is 3.13. The molecule has 0 radical (unpaired) electrons. The molecule has 0 spiro atoms. The molecule has 0 aliphatic heterocycles. The first kappa shape index (κ1) is 14.0. The molecule has 1 N–H and O–H groups in total. The van der Waals surface area contributed by atoms with Crippen LogP contribution in [0.2, 0.25) is 0 Å². The van der Waals surface area contributed by atoms with Crippen LogP contribution in [0.25, 0.3) is 23.1 Å². The third-order valence-corrected chi connectivity index (χ3v) is 2.93. The summed E-state index contributed by atoms with van der Waals surface area (Å²) in [7, 11) is 3.10. The Bertz CT molecular complexity index is 798. The van der Waals surface area contributed by atoms with Crippen LogP contribution in [0.1, 0.15) is 12.1 Å². The summed E-state index contributed by atoms with van der Waals surface area (Å²) in [6.07, 6.45) is 0.371. The molecule has 3 aromatic heterocycles. The van der Waals surface area contributed by atoms with E-state index in [1.807, 2.05) is 0 Å². The second-order valence-electron chi connectivity index (χ2n) is 4.31. The van der Waals surface area contributed by atoms with Crippen LogP contribution >= 0.6 is 0 Å². The van der Waals surface area contributed by atoms with Gasteiger partial charge < -0.3 is 9.84 Å². The van der Waals surface area contributed by atoms with Crippen LogP contribution in [0, 0.1) is 0 Å². The van der Waals surface area contributed by atoms with Crippen LogP contribution < -0.4 is 5.32 Å². The van der Waals surface area contributed by atoms with E-state index in [0.29, 0.717) is 11.5 Å². The fourth-order valence-electron chi connectivity index (χ4n) is 1.90. The number of aryl methyl sites for hydroxylation is 1. The fraction of sp³-hybridized carbons (Fsp3) is 0.250. The lowest BCUT2D eigenvalue weighted by molar-refractivity contribution is 0.141. The van der Waals surface area contributed by atoms with Gasteiger partial charge >= 0.3 is 0 Å². The number of hydrogen-bond acceptors (Lipinski definition) is 7. The SMILES string of the molecule is CNc1nccnc1-c1noc(-c2cc(C(F)F)n(C)n2)n1. The Kier molecular flexibility index (Phi) is 3.49. The molecule has 0 saturated heterocycles. The van der Waals surface area contributed by atoms with Crippen molar-refractivity contribution in [1.29, 1.82) is 0 Å². The van der Waals surface area contributed by atoms with E-state index in [1.54, 1.807) is 7.05 Å². The number of hydrogen-bond donors (Lipinski definition) is 1. The number of rotatable bonds is 4.